The summed E-state index contributed by atoms with van der Waals surface area (Å²) in [7, 11) is 1.28. The quantitative estimate of drug-likeness (QED) is 0.672. The molecule has 1 heterocycles. The molecule has 0 fully saturated rings. The Morgan fingerprint density at radius 2 is 1.96 bits per heavy atom. The lowest BCUT2D eigenvalue weighted by molar-refractivity contribution is -0.142. The average molecular weight is 369 g/mol. The van der Waals surface area contributed by atoms with Crippen LogP contribution in [-0.2, 0) is 9.53 Å². The molecule has 1 N–H and O–H groups in total. The van der Waals surface area contributed by atoms with E-state index in [2.05, 4.69) is 19.6 Å². The number of aromatic nitrogens is 2. The average Bonchev–Trinajstić information content (AvgIpc) is 3.21. The molecule has 0 aliphatic heterocycles. The monoisotopic (exact) mass is 369 g/mol. The van der Waals surface area contributed by atoms with Gasteiger partial charge in [-0.25, -0.2) is 4.79 Å². The van der Waals surface area contributed by atoms with Crippen molar-refractivity contribution in [3.8, 4) is 17.0 Å². The summed E-state index contributed by atoms with van der Waals surface area (Å²) in [6.07, 6.45) is 0. The van der Waals surface area contributed by atoms with Crippen molar-refractivity contribution >= 4 is 29.1 Å². The van der Waals surface area contributed by atoms with Gasteiger partial charge in [0.2, 0.25) is 0 Å². The molecule has 3 rings (SSSR count). The Bertz CT molecular complexity index is 895. The summed E-state index contributed by atoms with van der Waals surface area (Å²) in [4.78, 5) is 23.5. The zero-order chi connectivity index (χ0) is 18.4. The fourth-order valence-corrected chi connectivity index (χ4v) is 2.61. The standard InChI is InChI=1S/C18H15N3O4S/c1-24-17(22)10-25-15-4-2-3-13(9-15)18(23)19-14-7-5-12(6-8-14)16-11-26-21-20-16/h2-9,11H,10H2,1H3,(H,19,23). The van der Waals surface area contributed by atoms with Crippen LogP contribution in [0.2, 0.25) is 0 Å². The summed E-state index contributed by atoms with van der Waals surface area (Å²) in [6, 6.07) is 13.9. The summed E-state index contributed by atoms with van der Waals surface area (Å²) in [6.45, 7) is -0.214. The number of hydrogen-bond acceptors (Lipinski definition) is 7. The lowest BCUT2D eigenvalue weighted by atomic mass is 10.1. The molecular formula is C18H15N3O4S. The number of carbonyl (C=O) groups is 2. The molecule has 0 radical (unpaired) electrons. The fraction of sp³-hybridized carbons (Fsp3) is 0.111. The van der Waals surface area contributed by atoms with Crippen molar-refractivity contribution in [2.75, 3.05) is 19.0 Å². The van der Waals surface area contributed by atoms with Crippen LogP contribution in [0.1, 0.15) is 10.4 Å². The molecule has 26 heavy (non-hydrogen) atoms. The number of nitrogens with zero attached hydrogens (tertiary/aromatic N) is 2. The summed E-state index contributed by atoms with van der Waals surface area (Å²) in [5.74, 6) is -0.360. The number of nitrogens with one attached hydrogen (secondary N) is 1. The molecule has 0 saturated heterocycles. The highest BCUT2D eigenvalue weighted by molar-refractivity contribution is 7.03. The first-order valence-electron chi connectivity index (χ1n) is 7.64. The molecule has 1 amide bonds. The van der Waals surface area contributed by atoms with Gasteiger partial charge in [0.05, 0.1) is 7.11 Å². The Balaban J connectivity index is 1.65. The van der Waals surface area contributed by atoms with Gasteiger partial charge in [-0.2, -0.15) is 0 Å². The molecule has 0 saturated carbocycles. The van der Waals surface area contributed by atoms with Crippen LogP contribution < -0.4 is 10.1 Å². The topological polar surface area (TPSA) is 90.4 Å². The van der Waals surface area contributed by atoms with Crippen molar-refractivity contribution in [2.24, 2.45) is 0 Å². The second kappa shape index (κ2) is 8.21. The largest absolute Gasteiger partial charge is 0.482 e. The Kier molecular flexibility index (Phi) is 5.55. The number of rotatable bonds is 6. The van der Waals surface area contributed by atoms with E-state index < -0.39 is 5.97 Å². The van der Waals surface area contributed by atoms with E-state index in [0.29, 0.717) is 17.0 Å². The van der Waals surface area contributed by atoms with Crippen molar-refractivity contribution in [1.82, 2.24) is 9.59 Å². The van der Waals surface area contributed by atoms with Gasteiger partial charge in [-0.05, 0) is 41.9 Å². The molecule has 132 valence electrons. The third-order valence-corrected chi connectivity index (χ3v) is 3.98. The minimum Gasteiger partial charge on any atom is -0.482 e. The van der Waals surface area contributed by atoms with Gasteiger partial charge in [-0.3, -0.25) is 4.79 Å². The van der Waals surface area contributed by atoms with Crippen molar-refractivity contribution in [2.45, 2.75) is 0 Å². The highest BCUT2D eigenvalue weighted by Crippen LogP contribution is 2.21. The summed E-state index contributed by atoms with van der Waals surface area (Å²) < 4.78 is 13.6. The Morgan fingerprint density at radius 3 is 2.65 bits per heavy atom. The smallest absolute Gasteiger partial charge is 0.343 e. The second-order valence-electron chi connectivity index (χ2n) is 5.21. The predicted octanol–water partition coefficient (Wildman–Crippen LogP) is 3.01. The zero-order valence-electron chi connectivity index (χ0n) is 13.8. The summed E-state index contributed by atoms with van der Waals surface area (Å²) >= 11 is 1.28. The molecule has 0 atom stereocenters. The van der Waals surface area contributed by atoms with Gasteiger partial charge < -0.3 is 14.8 Å². The lowest BCUT2D eigenvalue weighted by Gasteiger charge is -2.08. The molecule has 2 aromatic carbocycles. The van der Waals surface area contributed by atoms with E-state index in [1.807, 2.05) is 17.5 Å². The first-order chi connectivity index (χ1) is 12.7. The molecular weight excluding hydrogens is 354 g/mol. The third kappa shape index (κ3) is 4.42. The lowest BCUT2D eigenvalue weighted by Crippen LogP contribution is -2.14. The first kappa shape index (κ1) is 17.6. The van der Waals surface area contributed by atoms with Gasteiger partial charge in [0.15, 0.2) is 6.61 Å². The molecule has 0 spiro atoms. The fourth-order valence-electron chi connectivity index (χ4n) is 2.15. The number of methoxy groups -OCH3 is 1. The van der Waals surface area contributed by atoms with E-state index >= 15 is 0 Å². The van der Waals surface area contributed by atoms with E-state index in [1.165, 1.54) is 18.6 Å². The van der Waals surface area contributed by atoms with Crippen LogP contribution >= 0.6 is 11.5 Å². The molecule has 0 bridgehead atoms. The number of ether oxygens (including phenoxy) is 2. The Hall–Kier alpha value is -3.26. The van der Waals surface area contributed by atoms with E-state index in [4.69, 9.17) is 4.74 Å². The van der Waals surface area contributed by atoms with Crippen LogP contribution in [0.4, 0.5) is 5.69 Å². The molecule has 0 aliphatic rings. The minimum atomic E-state index is -0.491. The van der Waals surface area contributed by atoms with Crippen LogP contribution in [0.25, 0.3) is 11.3 Å². The van der Waals surface area contributed by atoms with Crippen molar-refractivity contribution in [1.29, 1.82) is 0 Å². The third-order valence-electron chi connectivity index (χ3n) is 3.48. The predicted molar refractivity (Wildman–Crippen MR) is 97.3 cm³/mol. The number of hydrogen-bond donors (Lipinski definition) is 1. The van der Waals surface area contributed by atoms with Crippen molar-refractivity contribution in [3.63, 3.8) is 0 Å². The molecule has 0 aliphatic carbocycles. The highest BCUT2D eigenvalue weighted by Gasteiger charge is 2.09. The van der Waals surface area contributed by atoms with Gasteiger partial charge in [-0.1, -0.05) is 22.7 Å². The van der Waals surface area contributed by atoms with E-state index in [1.54, 1.807) is 36.4 Å². The normalized spacial score (nSPS) is 10.2. The van der Waals surface area contributed by atoms with Crippen molar-refractivity contribution in [3.05, 3.63) is 59.5 Å². The van der Waals surface area contributed by atoms with E-state index in [-0.39, 0.29) is 12.5 Å². The second-order valence-corrected chi connectivity index (χ2v) is 5.82. The summed E-state index contributed by atoms with van der Waals surface area (Å²) in [5, 5.41) is 8.67. The SMILES string of the molecule is COC(=O)COc1cccc(C(=O)Nc2ccc(-c3csnn3)cc2)c1. The molecule has 8 heteroatoms. The van der Waals surface area contributed by atoms with Gasteiger partial charge in [0, 0.05) is 22.2 Å². The Labute approximate surface area is 153 Å². The maximum absolute atomic E-state index is 12.4. The number of amides is 1. The van der Waals surface area contributed by atoms with Crippen LogP contribution in [0.15, 0.2) is 53.9 Å². The van der Waals surface area contributed by atoms with Gasteiger partial charge >= 0.3 is 5.97 Å². The summed E-state index contributed by atoms with van der Waals surface area (Å²) in [5.41, 5.74) is 2.79. The zero-order valence-corrected chi connectivity index (χ0v) is 14.7. The van der Waals surface area contributed by atoms with E-state index in [0.717, 1.165) is 11.3 Å². The number of benzene rings is 2. The van der Waals surface area contributed by atoms with Gasteiger partial charge in [0.1, 0.15) is 11.4 Å². The van der Waals surface area contributed by atoms with E-state index in [9.17, 15) is 9.59 Å². The molecule has 7 nitrogen and oxygen atoms in total. The molecule has 3 aromatic rings. The van der Waals surface area contributed by atoms with Crippen LogP contribution in [0, 0.1) is 0 Å². The maximum Gasteiger partial charge on any atom is 0.343 e. The minimum absolute atomic E-state index is 0.214. The number of esters is 1. The van der Waals surface area contributed by atoms with Gasteiger partial charge in [0.25, 0.3) is 5.91 Å². The van der Waals surface area contributed by atoms with Gasteiger partial charge in [-0.15, -0.1) is 5.10 Å². The first-order valence-corrected chi connectivity index (χ1v) is 8.48. The van der Waals surface area contributed by atoms with Crippen LogP contribution in [0.3, 0.4) is 0 Å². The maximum atomic E-state index is 12.4. The number of anilines is 1. The van der Waals surface area contributed by atoms with Crippen LogP contribution in [-0.4, -0.2) is 35.2 Å². The van der Waals surface area contributed by atoms with Crippen LogP contribution in [0.5, 0.6) is 5.75 Å². The molecule has 0 unspecified atom stereocenters. The highest BCUT2D eigenvalue weighted by atomic mass is 32.1. The van der Waals surface area contributed by atoms with Crippen molar-refractivity contribution < 1.29 is 19.1 Å². The molecule has 1 aromatic heterocycles. The number of carbonyl (C=O) groups excluding carboxylic acids is 2. The Morgan fingerprint density at radius 1 is 1.15 bits per heavy atom.